The molecule has 0 aliphatic carbocycles. The molecule has 0 heterocycles. The molecule has 80 valence electrons. The number of carbonyl (C=O) groups is 1. The third-order valence-corrected chi connectivity index (χ3v) is 1.20. The molecule has 0 fully saturated rings. The fourth-order valence-electron chi connectivity index (χ4n) is 0.718. The van der Waals surface area contributed by atoms with Gasteiger partial charge in [0, 0.05) is 0 Å². The van der Waals surface area contributed by atoms with Crippen molar-refractivity contribution < 1.29 is 9.53 Å². The van der Waals surface area contributed by atoms with Crippen LogP contribution in [0.4, 0.5) is 0 Å². The van der Waals surface area contributed by atoms with Crippen LogP contribution in [-0.4, -0.2) is 5.97 Å². The van der Waals surface area contributed by atoms with Crippen molar-refractivity contribution >= 4 is 5.97 Å². The van der Waals surface area contributed by atoms with Gasteiger partial charge in [-0.15, -0.1) is 6.58 Å². The summed E-state index contributed by atoms with van der Waals surface area (Å²) in [5, 5.41) is 0. The maximum Gasteiger partial charge on any atom is 0.342 e. The monoisotopic (exact) mass is 204 g/mol. The number of esters is 1. The number of hydrogen-bond acceptors (Lipinski definition) is 2. The van der Waals surface area contributed by atoms with Crippen LogP contribution < -0.4 is 0 Å². The van der Waals surface area contributed by atoms with Crippen LogP contribution in [-0.2, 0) is 4.74 Å². The molecule has 0 aromatic heterocycles. The van der Waals surface area contributed by atoms with E-state index < -0.39 is 0 Å². The molecule has 0 amide bonds. The second kappa shape index (κ2) is 7.56. The summed E-state index contributed by atoms with van der Waals surface area (Å²) in [5.74, 6) is -0.374. The molecular formula is C13H16O2. The number of allylic oxidation sites excluding steroid dienone is 1. The quantitative estimate of drug-likeness (QED) is 0.418. The minimum absolute atomic E-state index is 0.374. The van der Waals surface area contributed by atoms with E-state index in [0.717, 1.165) is 6.26 Å². The van der Waals surface area contributed by atoms with Gasteiger partial charge in [0.05, 0.1) is 11.8 Å². The molecule has 0 saturated heterocycles. The van der Waals surface area contributed by atoms with Crippen LogP contribution in [0.3, 0.4) is 0 Å². The first-order valence-corrected chi connectivity index (χ1v) is 4.57. The Hall–Kier alpha value is -1.83. The largest absolute Gasteiger partial charge is 0.432 e. The summed E-state index contributed by atoms with van der Waals surface area (Å²) < 4.78 is 4.55. The van der Waals surface area contributed by atoms with Gasteiger partial charge in [0.2, 0.25) is 0 Å². The zero-order valence-corrected chi connectivity index (χ0v) is 9.19. The molecule has 0 radical (unpaired) electrons. The lowest BCUT2D eigenvalue weighted by molar-refractivity contribution is 0.0664. The van der Waals surface area contributed by atoms with Gasteiger partial charge >= 0.3 is 5.97 Å². The normalized spacial score (nSPS) is 8.13. The molecule has 1 rings (SSSR count). The summed E-state index contributed by atoms with van der Waals surface area (Å²) in [4.78, 5) is 11.0. The molecule has 0 aliphatic rings. The van der Waals surface area contributed by atoms with E-state index in [9.17, 15) is 4.79 Å². The number of benzene rings is 1. The molecule has 0 bridgehead atoms. The standard InChI is InChI=1S/C9H8O2.C4H8/c1-2-11-9(10)8-6-4-3-5-7-8;1-4(2)3/h2-7H,1H2;1H2,2-3H3. The minimum Gasteiger partial charge on any atom is -0.432 e. The van der Waals surface area contributed by atoms with E-state index in [0.29, 0.717) is 5.56 Å². The fraction of sp³-hybridized carbons (Fsp3) is 0.154. The highest BCUT2D eigenvalue weighted by atomic mass is 16.5. The van der Waals surface area contributed by atoms with Crippen molar-refractivity contribution in [3.05, 3.63) is 60.9 Å². The van der Waals surface area contributed by atoms with E-state index in [1.54, 1.807) is 24.3 Å². The first kappa shape index (κ1) is 13.2. The molecule has 0 saturated carbocycles. The summed E-state index contributed by atoms with van der Waals surface area (Å²) in [6.45, 7) is 10.8. The van der Waals surface area contributed by atoms with Crippen LogP contribution in [0, 0.1) is 0 Å². The van der Waals surface area contributed by atoms with Crippen LogP contribution >= 0.6 is 0 Å². The molecule has 0 N–H and O–H groups in total. The Morgan fingerprint density at radius 1 is 1.27 bits per heavy atom. The van der Waals surface area contributed by atoms with E-state index in [-0.39, 0.29) is 5.97 Å². The highest BCUT2D eigenvalue weighted by Gasteiger charge is 2.01. The molecule has 0 atom stereocenters. The minimum atomic E-state index is -0.374. The highest BCUT2D eigenvalue weighted by Crippen LogP contribution is 2.00. The average Bonchev–Trinajstić information content (AvgIpc) is 2.19. The smallest absolute Gasteiger partial charge is 0.342 e. The Labute approximate surface area is 90.9 Å². The molecule has 1 aromatic rings. The first-order chi connectivity index (χ1) is 7.07. The van der Waals surface area contributed by atoms with E-state index in [2.05, 4.69) is 17.9 Å². The van der Waals surface area contributed by atoms with Crippen LogP contribution in [0.5, 0.6) is 0 Å². The van der Waals surface area contributed by atoms with Crippen molar-refractivity contribution in [2.45, 2.75) is 13.8 Å². The third-order valence-electron chi connectivity index (χ3n) is 1.20. The SMILES string of the molecule is C=C(C)C.C=COC(=O)c1ccccc1. The van der Waals surface area contributed by atoms with Gasteiger partial charge in [-0.25, -0.2) is 4.79 Å². The number of carbonyl (C=O) groups excluding carboxylic acids is 1. The van der Waals surface area contributed by atoms with Crippen molar-refractivity contribution in [1.29, 1.82) is 0 Å². The Morgan fingerprint density at radius 2 is 1.73 bits per heavy atom. The van der Waals surface area contributed by atoms with Gasteiger partial charge in [0.25, 0.3) is 0 Å². The molecule has 15 heavy (non-hydrogen) atoms. The Morgan fingerprint density at radius 3 is 2.13 bits per heavy atom. The third kappa shape index (κ3) is 7.26. The van der Waals surface area contributed by atoms with Crippen molar-refractivity contribution in [3.63, 3.8) is 0 Å². The number of rotatable bonds is 2. The van der Waals surface area contributed by atoms with E-state index >= 15 is 0 Å². The highest BCUT2D eigenvalue weighted by molar-refractivity contribution is 5.89. The number of ether oxygens (including phenoxy) is 1. The van der Waals surface area contributed by atoms with Gasteiger partial charge in [0.1, 0.15) is 0 Å². The molecule has 2 heteroatoms. The second-order valence-corrected chi connectivity index (χ2v) is 3.15. The Kier molecular flexibility index (Phi) is 6.64. The van der Waals surface area contributed by atoms with Gasteiger partial charge in [-0.05, 0) is 26.0 Å². The molecule has 0 spiro atoms. The van der Waals surface area contributed by atoms with E-state index in [4.69, 9.17) is 0 Å². The summed E-state index contributed by atoms with van der Waals surface area (Å²) in [6.07, 6.45) is 1.12. The van der Waals surface area contributed by atoms with Gasteiger partial charge in [-0.3, -0.25) is 0 Å². The number of hydrogen-bond donors (Lipinski definition) is 0. The lowest BCUT2D eigenvalue weighted by Crippen LogP contribution is -1.98. The second-order valence-electron chi connectivity index (χ2n) is 3.15. The summed E-state index contributed by atoms with van der Waals surface area (Å²) in [7, 11) is 0. The summed E-state index contributed by atoms with van der Waals surface area (Å²) in [6, 6.07) is 8.77. The molecule has 2 nitrogen and oxygen atoms in total. The van der Waals surface area contributed by atoms with Crippen LogP contribution in [0.15, 0.2) is 55.3 Å². The van der Waals surface area contributed by atoms with E-state index in [1.165, 1.54) is 5.57 Å². The maximum absolute atomic E-state index is 11.0. The van der Waals surface area contributed by atoms with Crippen LogP contribution in [0.1, 0.15) is 24.2 Å². The van der Waals surface area contributed by atoms with Crippen LogP contribution in [0.25, 0.3) is 0 Å². The fourth-order valence-corrected chi connectivity index (χ4v) is 0.718. The topological polar surface area (TPSA) is 26.3 Å². The Bertz CT molecular complexity index is 322. The van der Waals surface area contributed by atoms with Crippen molar-refractivity contribution in [3.8, 4) is 0 Å². The van der Waals surface area contributed by atoms with Crippen molar-refractivity contribution in [1.82, 2.24) is 0 Å². The van der Waals surface area contributed by atoms with Gasteiger partial charge in [-0.2, -0.15) is 0 Å². The molecule has 1 aromatic carbocycles. The summed E-state index contributed by atoms with van der Waals surface area (Å²) >= 11 is 0. The lowest BCUT2D eigenvalue weighted by Gasteiger charge is -1.96. The predicted molar refractivity (Wildman–Crippen MR) is 62.5 cm³/mol. The van der Waals surface area contributed by atoms with Gasteiger partial charge in [-0.1, -0.05) is 30.4 Å². The maximum atomic E-state index is 11.0. The first-order valence-electron chi connectivity index (χ1n) is 4.57. The van der Waals surface area contributed by atoms with Gasteiger partial charge < -0.3 is 4.74 Å². The van der Waals surface area contributed by atoms with Crippen molar-refractivity contribution in [2.75, 3.05) is 0 Å². The zero-order valence-electron chi connectivity index (χ0n) is 9.19. The van der Waals surface area contributed by atoms with Crippen LogP contribution in [0.2, 0.25) is 0 Å². The molecular weight excluding hydrogens is 188 g/mol. The molecule has 0 unspecified atom stereocenters. The lowest BCUT2D eigenvalue weighted by atomic mass is 10.2. The average molecular weight is 204 g/mol. The van der Waals surface area contributed by atoms with Gasteiger partial charge in [0.15, 0.2) is 0 Å². The summed E-state index contributed by atoms with van der Waals surface area (Å²) in [5.41, 5.74) is 1.70. The predicted octanol–water partition coefficient (Wildman–Crippen LogP) is 3.57. The van der Waals surface area contributed by atoms with Crippen molar-refractivity contribution in [2.24, 2.45) is 0 Å². The Balaban J connectivity index is 0.000000423. The molecule has 0 aliphatic heterocycles. The zero-order chi connectivity index (χ0) is 11.7. The van der Waals surface area contributed by atoms with E-state index in [1.807, 2.05) is 19.9 Å².